The van der Waals surface area contributed by atoms with Gasteiger partial charge in [0.15, 0.2) is 0 Å². The molecule has 0 unspecified atom stereocenters. The predicted molar refractivity (Wildman–Crippen MR) is 296 cm³/mol. The van der Waals surface area contributed by atoms with Crippen LogP contribution in [0.3, 0.4) is 0 Å². The maximum absolute atomic E-state index is 3.67. The van der Waals surface area contributed by atoms with Crippen molar-refractivity contribution >= 4 is 87.9 Å². The first-order valence-electron chi connectivity index (χ1n) is 23.7. The molecule has 0 amide bonds. The first-order chi connectivity index (χ1) is 31.6. The molecule has 5 heteroatoms. The number of benzene rings is 7. The fourth-order valence-electron chi connectivity index (χ4n) is 9.66. The van der Waals surface area contributed by atoms with Gasteiger partial charge in [-0.15, -0.1) is 11.3 Å². The summed E-state index contributed by atoms with van der Waals surface area (Å²) < 4.78 is 6.02. The summed E-state index contributed by atoms with van der Waals surface area (Å²) in [6.45, 7) is 27.6. The summed E-state index contributed by atoms with van der Waals surface area (Å²) in [6.07, 6.45) is 0. The Morgan fingerprint density at radius 2 is 0.657 bits per heavy atom. The Bertz CT molecular complexity index is 3140. The number of nitrogens with zero attached hydrogens (tertiary/aromatic N) is 3. The molecule has 338 valence electrons. The van der Waals surface area contributed by atoms with Crippen LogP contribution in [0.1, 0.15) is 105 Å². The van der Waals surface area contributed by atoms with Gasteiger partial charge < -0.3 is 14.0 Å². The second kappa shape index (κ2) is 16.1. The van der Waals surface area contributed by atoms with Crippen molar-refractivity contribution in [3.8, 4) is 21.8 Å². The monoisotopic (exact) mass is 959 g/mol. The molecule has 0 N–H and O–H groups in total. The van der Waals surface area contributed by atoms with E-state index >= 15 is 0 Å². The van der Waals surface area contributed by atoms with Gasteiger partial charge in [0, 0.05) is 54.9 Å². The number of halogens is 1. The smallest absolute Gasteiger partial charge is 0.0705 e. The highest BCUT2D eigenvalue weighted by atomic mass is 79.9. The van der Waals surface area contributed by atoms with Crippen molar-refractivity contribution in [1.29, 1.82) is 0 Å². The predicted octanol–water partition coefficient (Wildman–Crippen LogP) is 19.0. The second-order valence-corrected chi connectivity index (χ2v) is 25.1. The van der Waals surface area contributed by atoms with Gasteiger partial charge in [0.25, 0.3) is 0 Å². The van der Waals surface area contributed by atoms with Crippen LogP contribution in [0.5, 0.6) is 0 Å². The van der Waals surface area contributed by atoms with Crippen molar-refractivity contribution in [1.82, 2.24) is 9.13 Å². The Hall–Kier alpha value is -5.88. The molecule has 3 heterocycles. The van der Waals surface area contributed by atoms with Crippen molar-refractivity contribution < 1.29 is 0 Å². The first kappa shape index (κ1) is 44.9. The van der Waals surface area contributed by atoms with Crippen LogP contribution in [0.15, 0.2) is 162 Å². The molecule has 0 bridgehead atoms. The minimum atomic E-state index is 0.0438. The van der Waals surface area contributed by atoms with E-state index in [1.807, 2.05) is 0 Å². The molecule has 0 saturated heterocycles. The van der Waals surface area contributed by atoms with E-state index < -0.39 is 0 Å². The van der Waals surface area contributed by atoms with E-state index in [0.717, 1.165) is 32.2 Å². The third-order valence-corrected chi connectivity index (χ3v) is 15.4. The van der Waals surface area contributed by atoms with Gasteiger partial charge in [-0.3, -0.25) is 0 Å². The van der Waals surface area contributed by atoms with Gasteiger partial charge in [0.05, 0.1) is 25.9 Å². The van der Waals surface area contributed by atoms with Crippen LogP contribution in [0.2, 0.25) is 0 Å². The fraction of sp³-hybridized carbons (Fsp3) is 0.258. The summed E-state index contributed by atoms with van der Waals surface area (Å²) in [5.41, 5.74) is 17.2. The molecule has 7 aromatic carbocycles. The summed E-state index contributed by atoms with van der Waals surface area (Å²) in [7, 11) is 0. The summed E-state index contributed by atoms with van der Waals surface area (Å²) in [4.78, 5) is 3.63. The Labute approximate surface area is 409 Å². The highest BCUT2D eigenvalue weighted by Crippen LogP contribution is 2.43. The third-order valence-electron chi connectivity index (χ3n) is 13.7. The molecule has 0 radical (unpaired) electrons. The van der Waals surface area contributed by atoms with E-state index in [1.165, 1.54) is 76.3 Å². The molecule has 0 spiro atoms. The molecule has 3 nitrogen and oxygen atoms in total. The normalized spacial score (nSPS) is 12.9. The van der Waals surface area contributed by atoms with Crippen molar-refractivity contribution in [2.24, 2.45) is 0 Å². The Morgan fingerprint density at radius 3 is 0.925 bits per heavy atom. The number of anilines is 3. The average molecular weight is 961 g/mol. The molecule has 0 saturated carbocycles. The highest BCUT2D eigenvalue weighted by Gasteiger charge is 2.24. The third kappa shape index (κ3) is 8.23. The minimum Gasteiger partial charge on any atom is -0.311 e. The van der Waals surface area contributed by atoms with Crippen molar-refractivity contribution in [3.05, 3.63) is 184 Å². The summed E-state index contributed by atoms with van der Waals surface area (Å²) in [5.74, 6) is 0. The number of thiophene rings is 1. The first-order valence-corrected chi connectivity index (χ1v) is 25.3. The lowest BCUT2D eigenvalue weighted by Crippen LogP contribution is -2.11. The number of hydrogen-bond donors (Lipinski definition) is 0. The molecule has 0 aliphatic heterocycles. The molecule has 0 fully saturated rings. The zero-order valence-electron chi connectivity index (χ0n) is 41.1. The van der Waals surface area contributed by atoms with Gasteiger partial charge in [-0.2, -0.15) is 0 Å². The largest absolute Gasteiger partial charge is 0.311 e. The number of rotatable bonds is 6. The summed E-state index contributed by atoms with van der Waals surface area (Å²) in [6, 6.07) is 59.8. The van der Waals surface area contributed by atoms with Crippen LogP contribution >= 0.6 is 27.3 Å². The van der Waals surface area contributed by atoms with Crippen LogP contribution in [-0.2, 0) is 21.7 Å². The van der Waals surface area contributed by atoms with Crippen LogP contribution < -0.4 is 4.90 Å². The van der Waals surface area contributed by atoms with Crippen molar-refractivity contribution in [2.75, 3.05) is 4.90 Å². The zero-order chi connectivity index (χ0) is 47.4. The second-order valence-electron chi connectivity index (χ2n) is 22.6. The van der Waals surface area contributed by atoms with E-state index in [9.17, 15) is 0 Å². The molecule has 10 aromatic rings. The maximum atomic E-state index is 3.67. The molecule has 67 heavy (non-hydrogen) atoms. The van der Waals surface area contributed by atoms with Crippen LogP contribution in [0, 0.1) is 0 Å². The molecule has 0 aliphatic carbocycles. The van der Waals surface area contributed by atoms with E-state index in [0.29, 0.717) is 0 Å². The van der Waals surface area contributed by atoms with Gasteiger partial charge >= 0.3 is 0 Å². The van der Waals surface area contributed by atoms with Crippen molar-refractivity contribution in [2.45, 2.75) is 105 Å². The number of hydrogen-bond acceptors (Lipinski definition) is 2. The fourth-order valence-corrected chi connectivity index (χ4v) is 11.1. The van der Waals surface area contributed by atoms with Crippen LogP contribution in [0.25, 0.3) is 65.4 Å². The van der Waals surface area contributed by atoms with E-state index in [2.05, 4.69) is 271 Å². The lowest BCUT2D eigenvalue weighted by Gasteiger charge is -2.26. The summed E-state index contributed by atoms with van der Waals surface area (Å²) >= 11 is 5.43. The molecule has 0 aliphatic rings. The topological polar surface area (TPSA) is 13.1 Å². The maximum Gasteiger partial charge on any atom is 0.0705 e. The minimum absolute atomic E-state index is 0.0438. The van der Waals surface area contributed by atoms with Crippen LogP contribution in [0.4, 0.5) is 17.1 Å². The lowest BCUT2D eigenvalue weighted by atomic mass is 9.85. The van der Waals surface area contributed by atoms with E-state index in [1.54, 1.807) is 11.3 Å². The Kier molecular flexibility index (Phi) is 10.8. The summed E-state index contributed by atoms with van der Waals surface area (Å²) in [5, 5.41) is 5.18. The van der Waals surface area contributed by atoms with Gasteiger partial charge in [-0.25, -0.2) is 0 Å². The average Bonchev–Trinajstić information content (AvgIpc) is 3.97. The van der Waals surface area contributed by atoms with Gasteiger partial charge in [-0.05, 0) is 187 Å². The van der Waals surface area contributed by atoms with Gasteiger partial charge in [-0.1, -0.05) is 119 Å². The van der Waals surface area contributed by atoms with Gasteiger partial charge in [0.2, 0.25) is 0 Å². The van der Waals surface area contributed by atoms with Crippen molar-refractivity contribution in [3.63, 3.8) is 0 Å². The van der Waals surface area contributed by atoms with E-state index in [4.69, 9.17) is 0 Å². The molecular formula is C62H62BrN3S. The molecular weight excluding hydrogens is 899 g/mol. The molecule has 0 atom stereocenters. The molecule has 3 aromatic heterocycles. The van der Waals surface area contributed by atoms with Gasteiger partial charge in [0.1, 0.15) is 0 Å². The standard InChI is InChI=1S/C62H62BrN3S/c1-59(2,3)40-15-29-53-49(35-40)50-36-41(60(4,5)6)16-30-54(50)65(53)47-25-21-45(22-26-47)64(44-19-13-39(14-20-44)57-33-34-58(63)67-57)46-23-27-48(28-24-46)66-55-31-17-42(61(7,8)9)37-51(55)52-38-43(62(10,11)12)18-32-56(52)66/h13-38H,1-12H3. The lowest BCUT2D eigenvalue weighted by molar-refractivity contribution is 0.590. The molecule has 10 rings (SSSR count). The highest BCUT2D eigenvalue weighted by molar-refractivity contribution is 9.11. The quantitative estimate of drug-likeness (QED) is 0.162. The van der Waals surface area contributed by atoms with E-state index in [-0.39, 0.29) is 21.7 Å². The number of fused-ring (bicyclic) bond motifs is 6. The van der Waals surface area contributed by atoms with Crippen LogP contribution in [-0.4, -0.2) is 9.13 Å². The number of aromatic nitrogens is 2. The SMILES string of the molecule is CC(C)(C)c1ccc2c(c1)c1cc(C(C)(C)C)ccc1n2-c1ccc(N(c2ccc(-c3ccc(Br)s3)cc2)c2ccc(-n3c4ccc(C(C)(C)C)cc4c4cc(C(C)(C)C)ccc43)cc2)cc1. The Morgan fingerprint density at radius 1 is 0.358 bits per heavy atom. The zero-order valence-corrected chi connectivity index (χ0v) is 43.5. The Balaban J connectivity index is 1.10.